The number of anilines is 1. The first-order valence-corrected chi connectivity index (χ1v) is 5.35. The maximum Gasteiger partial charge on any atom is 0.313 e. The van der Waals surface area contributed by atoms with Crippen molar-refractivity contribution in [3.63, 3.8) is 0 Å². The summed E-state index contributed by atoms with van der Waals surface area (Å²) in [6, 6.07) is 1.78. The van der Waals surface area contributed by atoms with Gasteiger partial charge in [-0.3, -0.25) is 10.1 Å². The van der Waals surface area contributed by atoms with E-state index in [4.69, 9.17) is 5.73 Å². The highest BCUT2D eigenvalue weighted by Crippen LogP contribution is 2.26. The molecule has 0 fully saturated rings. The fourth-order valence-corrected chi connectivity index (χ4v) is 1.83. The molecule has 7 nitrogen and oxygen atoms in total. The van der Waals surface area contributed by atoms with Crippen molar-refractivity contribution in [2.24, 2.45) is 0 Å². The zero-order chi connectivity index (χ0) is 13.4. The van der Waals surface area contributed by atoms with E-state index in [0.29, 0.717) is 22.9 Å². The zero-order valence-corrected chi connectivity index (χ0v) is 10.3. The Bertz CT molecular complexity index is 633. The van der Waals surface area contributed by atoms with Crippen LogP contribution >= 0.6 is 0 Å². The third-order valence-electron chi connectivity index (χ3n) is 2.82. The van der Waals surface area contributed by atoms with Gasteiger partial charge in [0.1, 0.15) is 11.4 Å². The number of aromatic nitrogens is 3. The molecule has 0 radical (unpaired) electrons. The van der Waals surface area contributed by atoms with Gasteiger partial charge in [-0.25, -0.2) is 9.67 Å². The number of pyridine rings is 1. The second-order valence-corrected chi connectivity index (χ2v) is 4.05. The van der Waals surface area contributed by atoms with Crippen LogP contribution in [0.2, 0.25) is 0 Å². The normalized spacial score (nSPS) is 10.6. The minimum absolute atomic E-state index is 0.00212. The molecule has 0 saturated carbocycles. The number of nitrogens with two attached hydrogens (primary N) is 1. The quantitative estimate of drug-likeness (QED) is 0.642. The number of hydrogen-bond donors (Lipinski definition) is 1. The van der Waals surface area contributed by atoms with Gasteiger partial charge in [0.25, 0.3) is 0 Å². The van der Waals surface area contributed by atoms with E-state index in [0.717, 1.165) is 5.56 Å². The largest absolute Gasteiger partial charge is 0.395 e. The lowest BCUT2D eigenvalue weighted by atomic mass is 10.2. The molecule has 0 unspecified atom stereocenters. The molecule has 94 valence electrons. The Balaban J connectivity index is 2.69. The number of nitrogens with zero attached hydrogens (tertiary/aromatic N) is 4. The van der Waals surface area contributed by atoms with Crippen LogP contribution < -0.4 is 5.73 Å². The topological polar surface area (TPSA) is 99.9 Å². The first-order chi connectivity index (χ1) is 8.43. The van der Waals surface area contributed by atoms with Crippen molar-refractivity contribution >= 4 is 11.4 Å². The fraction of sp³-hybridized carbons (Fsp3) is 0.273. The molecule has 0 bridgehead atoms. The molecule has 0 amide bonds. The van der Waals surface area contributed by atoms with Gasteiger partial charge < -0.3 is 5.73 Å². The van der Waals surface area contributed by atoms with Gasteiger partial charge in [-0.15, -0.1) is 0 Å². The van der Waals surface area contributed by atoms with Gasteiger partial charge >= 0.3 is 5.69 Å². The van der Waals surface area contributed by atoms with Gasteiger partial charge in [0.15, 0.2) is 5.82 Å². The van der Waals surface area contributed by atoms with E-state index in [1.807, 2.05) is 6.92 Å². The molecule has 18 heavy (non-hydrogen) atoms. The van der Waals surface area contributed by atoms with Gasteiger partial charge in [0.2, 0.25) is 0 Å². The van der Waals surface area contributed by atoms with E-state index in [1.165, 1.54) is 4.68 Å². The Morgan fingerprint density at radius 3 is 2.61 bits per heavy atom. The Morgan fingerprint density at radius 1 is 1.39 bits per heavy atom. The summed E-state index contributed by atoms with van der Waals surface area (Å²) in [6.07, 6.45) is 1.60. The van der Waals surface area contributed by atoms with Crippen molar-refractivity contribution in [3.05, 3.63) is 39.3 Å². The summed E-state index contributed by atoms with van der Waals surface area (Å²) in [7, 11) is 0. The molecular formula is C11H13N5O2. The summed E-state index contributed by atoms with van der Waals surface area (Å²) in [5.74, 6) is 0.420. The van der Waals surface area contributed by atoms with Crippen molar-refractivity contribution in [1.82, 2.24) is 14.8 Å². The highest BCUT2D eigenvalue weighted by atomic mass is 16.6. The van der Waals surface area contributed by atoms with Crippen LogP contribution in [0.4, 0.5) is 11.4 Å². The van der Waals surface area contributed by atoms with Crippen LogP contribution in [0.5, 0.6) is 0 Å². The molecule has 0 aromatic carbocycles. The van der Waals surface area contributed by atoms with Crippen molar-refractivity contribution in [1.29, 1.82) is 0 Å². The van der Waals surface area contributed by atoms with Crippen LogP contribution in [0, 0.1) is 30.9 Å². The Kier molecular flexibility index (Phi) is 2.74. The standard InChI is InChI=1S/C11H13N5O2/c1-6-4-5-13-11(9(6)12)15-8(3)10(16(17)18)7(2)14-15/h4-5H,12H2,1-3H3. The maximum absolute atomic E-state index is 10.9. The van der Waals surface area contributed by atoms with Crippen LogP contribution in [-0.2, 0) is 0 Å². The molecule has 7 heteroatoms. The summed E-state index contributed by atoms with van der Waals surface area (Å²) in [6.45, 7) is 5.07. The van der Waals surface area contributed by atoms with Crippen molar-refractivity contribution in [2.45, 2.75) is 20.8 Å². The number of aryl methyl sites for hydroxylation is 2. The molecule has 2 N–H and O–H groups in total. The molecular weight excluding hydrogens is 234 g/mol. The molecule has 2 heterocycles. The monoisotopic (exact) mass is 247 g/mol. The lowest BCUT2D eigenvalue weighted by Gasteiger charge is -2.07. The SMILES string of the molecule is Cc1ccnc(-n2nc(C)c([N+](=O)[O-])c2C)c1N. The molecule has 2 aromatic heterocycles. The first-order valence-electron chi connectivity index (χ1n) is 5.35. The molecule has 0 aliphatic rings. The smallest absolute Gasteiger partial charge is 0.313 e. The minimum atomic E-state index is -0.444. The van der Waals surface area contributed by atoms with Crippen LogP contribution in [0.15, 0.2) is 12.3 Å². The zero-order valence-electron chi connectivity index (χ0n) is 10.3. The fourth-order valence-electron chi connectivity index (χ4n) is 1.83. The minimum Gasteiger partial charge on any atom is -0.395 e. The number of hydrogen-bond acceptors (Lipinski definition) is 5. The average molecular weight is 247 g/mol. The van der Waals surface area contributed by atoms with Gasteiger partial charge in [-0.1, -0.05) is 0 Å². The summed E-state index contributed by atoms with van der Waals surface area (Å²) in [5.41, 5.74) is 8.02. The molecule has 0 spiro atoms. The second-order valence-electron chi connectivity index (χ2n) is 4.05. The summed E-state index contributed by atoms with van der Waals surface area (Å²) in [5, 5.41) is 15.1. The molecule has 2 aromatic rings. The molecule has 0 saturated heterocycles. The van der Waals surface area contributed by atoms with E-state index in [2.05, 4.69) is 10.1 Å². The molecule has 0 aliphatic heterocycles. The van der Waals surface area contributed by atoms with Crippen molar-refractivity contribution in [2.75, 3.05) is 5.73 Å². The summed E-state index contributed by atoms with van der Waals surface area (Å²) in [4.78, 5) is 14.6. The van der Waals surface area contributed by atoms with Crippen LogP contribution in [-0.4, -0.2) is 19.7 Å². The van der Waals surface area contributed by atoms with E-state index in [9.17, 15) is 10.1 Å². The van der Waals surface area contributed by atoms with E-state index < -0.39 is 4.92 Å². The van der Waals surface area contributed by atoms with Crippen molar-refractivity contribution in [3.8, 4) is 5.82 Å². The third kappa shape index (κ3) is 1.69. The van der Waals surface area contributed by atoms with Gasteiger partial charge in [-0.2, -0.15) is 5.10 Å². The lowest BCUT2D eigenvalue weighted by Crippen LogP contribution is -2.07. The predicted octanol–water partition coefficient (Wildman–Crippen LogP) is 1.68. The van der Waals surface area contributed by atoms with Gasteiger partial charge in [0.05, 0.1) is 10.6 Å². The van der Waals surface area contributed by atoms with Gasteiger partial charge in [0, 0.05) is 6.20 Å². The van der Waals surface area contributed by atoms with Crippen LogP contribution in [0.25, 0.3) is 5.82 Å². The number of nitrogen functional groups attached to an aromatic ring is 1. The summed E-state index contributed by atoms with van der Waals surface area (Å²) >= 11 is 0. The maximum atomic E-state index is 10.9. The molecule has 2 rings (SSSR count). The number of nitro groups is 1. The average Bonchev–Trinajstić information content (AvgIpc) is 2.58. The number of rotatable bonds is 2. The highest BCUT2D eigenvalue weighted by molar-refractivity contribution is 5.59. The highest BCUT2D eigenvalue weighted by Gasteiger charge is 2.24. The first kappa shape index (κ1) is 12.0. The molecule has 0 atom stereocenters. The Hall–Kier alpha value is -2.44. The van der Waals surface area contributed by atoms with E-state index in [1.54, 1.807) is 26.1 Å². The van der Waals surface area contributed by atoms with Gasteiger partial charge in [-0.05, 0) is 32.4 Å². The van der Waals surface area contributed by atoms with E-state index in [-0.39, 0.29) is 5.69 Å². The van der Waals surface area contributed by atoms with Crippen molar-refractivity contribution < 1.29 is 4.92 Å². The predicted molar refractivity (Wildman–Crippen MR) is 66.6 cm³/mol. The van der Waals surface area contributed by atoms with Crippen LogP contribution in [0.1, 0.15) is 17.0 Å². The van der Waals surface area contributed by atoms with E-state index >= 15 is 0 Å². The second kappa shape index (κ2) is 4.10. The van der Waals surface area contributed by atoms with Crippen LogP contribution in [0.3, 0.4) is 0 Å². The summed E-state index contributed by atoms with van der Waals surface area (Å²) < 4.78 is 1.41. The Morgan fingerprint density at radius 2 is 2.06 bits per heavy atom. The molecule has 0 aliphatic carbocycles. The Labute approximate surface area is 103 Å². The lowest BCUT2D eigenvalue weighted by molar-refractivity contribution is -0.386. The third-order valence-corrected chi connectivity index (χ3v) is 2.82.